The second-order valence-corrected chi connectivity index (χ2v) is 13.0. The Morgan fingerprint density at radius 2 is 0.816 bits per heavy atom. The summed E-state index contributed by atoms with van der Waals surface area (Å²) in [6.07, 6.45) is 0. The van der Waals surface area contributed by atoms with Crippen LogP contribution in [0.3, 0.4) is 0 Å². The van der Waals surface area contributed by atoms with Crippen molar-refractivity contribution in [2.45, 2.75) is 0 Å². The van der Waals surface area contributed by atoms with Crippen LogP contribution in [-0.4, -0.2) is 4.98 Å². The van der Waals surface area contributed by atoms with Crippen molar-refractivity contribution < 1.29 is 0 Å². The number of rotatable bonds is 4. The summed E-state index contributed by atoms with van der Waals surface area (Å²) in [6.45, 7) is 0. The lowest BCUT2D eigenvalue weighted by Gasteiger charge is -2.20. The van der Waals surface area contributed by atoms with Gasteiger partial charge in [-0.15, -0.1) is 0 Å². The Labute approximate surface area is 284 Å². The van der Waals surface area contributed by atoms with Gasteiger partial charge >= 0.3 is 0 Å². The number of hydrogen-bond donors (Lipinski definition) is 1. The van der Waals surface area contributed by atoms with E-state index in [1.165, 1.54) is 93.1 Å². The molecule has 1 heteroatoms. The Balaban J connectivity index is 1.27. The van der Waals surface area contributed by atoms with E-state index in [4.69, 9.17) is 0 Å². The van der Waals surface area contributed by atoms with E-state index in [2.05, 4.69) is 187 Å². The molecule has 0 saturated carbocycles. The fourth-order valence-electron chi connectivity index (χ4n) is 7.92. The molecular weight excluding hydrogens is 591 g/mol. The molecule has 1 aromatic heterocycles. The summed E-state index contributed by atoms with van der Waals surface area (Å²) in [5, 5.41) is 10.1. The Hall–Kier alpha value is -6.44. The molecule has 0 saturated heterocycles. The zero-order valence-corrected chi connectivity index (χ0v) is 26.8. The first-order valence-corrected chi connectivity index (χ1v) is 16.9. The van der Waals surface area contributed by atoms with Gasteiger partial charge in [-0.25, -0.2) is 0 Å². The number of hydrogen-bond acceptors (Lipinski definition) is 0. The van der Waals surface area contributed by atoms with Gasteiger partial charge in [-0.2, -0.15) is 0 Å². The molecule has 228 valence electrons. The highest BCUT2D eigenvalue weighted by molar-refractivity contribution is 6.24. The molecule has 0 aliphatic rings. The molecule has 1 heterocycles. The molecule has 10 rings (SSSR count). The summed E-state index contributed by atoms with van der Waals surface area (Å²) >= 11 is 0. The predicted molar refractivity (Wildman–Crippen MR) is 210 cm³/mol. The maximum Gasteiger partial charge on any atom is 0.0465 e. The first kappa shape index (κ1) is 27.7. The van der Waals surface area contributed by atoms with Gasteiger partial charge in [0.25, 0.3) is 0 Å². The number of aromatic amines is 1. The van der Waals surface area contributed by atoms with E-state index in [-0.39, 0.29) is 0 Å². The molecule has 0 aliphatic carbocycles. The van der Waals surface area contributed by atoms with Crippen molar-refractivity contribution in [3.8, 4) is 44.5 Å². The standard InChI is InChI=1S/C48H31N/c1-2-12-31(13-3-1)34-24-26-42-44(30-34)47(40-20-6-7-21-41(40)48(42)39-22-11-15-32-14-4-5-18-37(32)39)36-17-10-16-33(28-36)35-25-27-46-43(29-35)38-19-8-9-23-45(38)49-46/h1-30,49H. The number of nitrogens with one attached hydrogen (secondary N) is 1. The summed E-state index contributed by atoms with van der Waals surface area (Å²) < 4.78 is 0. The molecule has 0 bridgehead atoms. The van der Waals surface area contributed by atoms with Crippen LogP contribution in [0.25, 0.3) is 98.6 Å². The van der Waals surface area contributed by atoms with Gasteiger partial charge in [-0.05, 0) is 107 Å². The largest absolute Gasteiger partial charge is 0.355 e. The molecular formula is C48H31N. The lowest BCUT2D eigenvalue weighted by atomic mass is 9.83. The SMILES string of the molecule is c1ccc(-c2ccc3c(-c4cccc5ccccc45)c4ccccc4c(-c4cccc(-c5ccc6[nH]c7ccccc7c6c5)c4)c3c2)cc1. The van der Waals surface area contributed by atoms with Crippen molar-refractivity contribution >= 4 is 54.1 Å². The van der Waals surface area contributed by atoms with Crippen LogP contribution in [0, 0.1) is 0 Å². The molecule has 0 amide bonds. The topological polar surface area (TPSA) is 15.8 Å². The van der Waals surface area contributed by atoms with E-state index in [9.17, 15) is 0 Å². The van der Waals surface area contributed by atoms with Crippen LogP contribution in [0.2, 0.25) is 0 Å². The van der Waals surface area contributed by atoms with E-state index in [0.29, 0.717) is 0 Å². The van der Waals surface area contributed by atoms with Gasteiger partial charge in [0.05, 0.1) is 0 Å². The molecule has 1 nitrogen and oxygen atoms in total. The minimum atomic E-state index is 1.16. The minimum Gasteiger partial charge on any atom is -0.355 e. The molecule has 0 atom stereocenters. The zero-order valence-electron chi connectivity index (χ0n) is 26.8. The number of benzene rings is 9. The van der Waals surface area contributed by atoms with Crippen molar-refractivity contribution in [2.24, 2.45) is 0 Å². The molecule has 49 heavy (non-hydrogen) atoms. The quantitative estimate of drug-likeness (QED) is 0.188. The van der Waals surface area contributed by atoms with E-state index in [1.54, 1.807) is 0 Å². The Morgan fingerprint density at radius 1 is 0.265 bits per heavy atom. The second-order valence-electron chi connectivity index (χ2n) is 13.0. The minimum absolute atomic E-state index is 1.16. The van der Waals surface area contributed by atoms with Gasteiger partial charge in [-0.1, -0.05) is 152 Å². The second kappa shape index (κ2) is 11.1. The molecule has 0 fully saturated rings. The average molecular weight is 622 g/mol. The maximum atomic E-state index is 3.58. The van der Waals surface area contributed by atoms with Crippen LogP contribution in [0.15, 0.2) is 182 Å². The Morgan fingerprint density at radius 3 is 1.69 bits per heavy atom. The van der Waals surface area contributed by atoms with Crippen LogP contribution in [0.1, 0.15) is 0 Å². The fourth-order valence-corrected chi connectivity index (χ4v) is 7.92. The van der Waals surface area contributed by atoms with Gasteiger partial charge in [0, 0.05) is 21.8 Å². The van der Waals surface area contributed by atoms with Crippen molar-refractivity contribution in [1.82, 2.24) is 4.98 Å². The van der Waals surface area contributed by atoms with E-state index >= 15 is 0 Å². The third-order valence-corrected chi connectivity index (χ3v) is 10.2. The first-order valence-electron chi connectivity index (χ1n) is 16.9. The molecule has 0 unspecified atom stereocenters. The third-order valence-electron chi connectivity index (χ3n) is 10.2. The highest BCUT2D eigenvalue weighted by Gasteiger charge is 2.19. The van der Waals surface area contributed by atoms with Crippen molar-refractivity contribution in [3.05, 3.63) is 182 Å². The average Bonchev–Trinajstić information content (AvgIpc) is 3.55. The smallest absolute Gasteiger partial charge is 0.0465 e. The molecule has 9 aromatic carbocycles. The Kier molecular flexibility index (Phi) is 6.25. The lowest BCUT2D eigenvalue weighted by Crippen LogP contribution is -1.93. The number of H-pyrrole nitrogens is 1. The van der Waals surface area contributed by atoms with E-state index in [0.717, 1.165) is 5.52 Å². The number of aromatic nitrogens is 1. The monoisotopic (exact) mass is 621 g/mol. The van der Waals surface area contributed by atoms with Crippen molar-refractivity contribution in [1.29, 1.82) is 0 Å². The van der Waals surface area contributed by atoms with Gasteiger partial charge in [0.1, 0.15) is 0 Å². The third kappa shape index (κ3) is 4.47. The van der Waals surface area contributed by atoms with Gasteiger partial charge in [0.2, 0.25) is 0 Å². The molecule has 10 aromatic rings. The van der Waals surface area contributed by atoms with Crippen molar-refractivity contribution in [2.75, 3.05) is 0 Å². The van der Waals surface area contributed by atoms with Gasteiger partial charge < -0.3 is 4.98 Å². The first-order chi connectivity index (χ1) is 24.3. The summed E-state index contributed by atoms with van der Waals surface area (Å²) in [7, 11) is 0. The van der Waals surface area contributed by atoms with Crippen LogP contribution in [-0.2, 0) is 0 Å². The van der Waals surface area contributed by atoms with Gasteiger partial charge in [0.15, 0.2) is 0 Å². The van der Waals surface area contributed by atoms with Crippen LogP contribution in [0.4, 0.5) is 0 Å². The van der Waals surface area contributed by atoms with E-state index < -0.39 is 0 Å². The van der Waals surface area contributed by atoms with E-state index in [1.807, 2.05) is 0 Å². The number of para-hydroxylation sites is 1. The van der Waals surface area contributed by atoms with Crippen LogP contribution < -0.4 is 0 Å². The molecule has 0 radical (unpaired) electrons. The summed E-state index contributed by atoms with van der Waals surface area (Å²) in [5.41, 5.74) is 12.2. The summed E-state index contributed by atoms with van der Waals surface area (Å²) in [4.78, 5) is 3.58. The molecule has 1 N–H and O–H groups in total. The summed E-state index contributed by atoms with van der Waals surface area (Å²) in [6, 6.07) is 66.6. The molecule has 0 aliphatic heterocycles. The highest BCUT2D eigenvalue weighted by Crippen LogP contribution is 2.46. The highest BCUT2D eigenvalue weighted by atomic mass is 14.7. The van der Waals surface area contributed by atoms with Crippen LogP contribution >= 0.6 is 0 Å². The predicted octanol–water partition coefficient (Wildman–Crippen LogP) is 13.4. The van der Waals surface area contributed by atoms with Crippen molar-refractivity contribution in [3.63, 3.8) is 0 Å². The maximum absolute atomic E-state index is 3.58. The number of fused-ring (bicyclic) bond motifs is 6. The van der Waals surface area contributed by atoms with Crippen LogP contribution in [0.5, 0.6) is 0 Å². The fraction of sp³-hybridized carbons (Fsp3) is 0. The van der Waals surface area contributed by atoms with Gasteiger partial charge in [-0.3, -0.25) is 0 Å². The molecule has 0 spiro atoms. The summed E-state index contributed by atoms with van der Waals surface area (Å²) in [5.74, 6) is 0. The Bertz CT molecular complexity index is 2870. The normalized spacial score (nSPS) is 11.7. The lowest BCUT2D eigenvalue weighted by molar-refractivity contribution is 1.54. The zero-order chi connectivity index (χ0) is 32.3.